The number of rotatable bonds is 3. The molecule has 5 nitrogen and oxygen atoms in total. The maximum Gasteiger partial charge on any atom is 0.273 e. The van der Waals surface area contributed by atoms with E-state index in [0.29, 0.717) is 11.6 Å². The number of nitrogens with zero attached hydrogens (tertiary/aromatic N) is 1. The van der Waals surface area contributed by atoms with Crippen molar-refractivity contribution in [1.82, 2.24) is 10.5 Å². The summed E-state index contributed by atoms with van der Waals surface area (Å²) < 4.78 is 5.13. The maximum absolute atomic E-state index is 11.9. The number of aliphatic hydroxyl groups excluding tert-OH is 1. The van der Waals surface area contributed by atoms with Gasteiger partial charge in [-0.15, -0.1) is 0 Å². The summed E-state index contributed by atoms with van der Waals surface area (Å²) in [6.45, 7) is 0. The molecule has 17 heavy (non-hydrogen) atoms. The SMILES string of the molecule is O=C(NC1CCCC1O)c1cc(C2CC2)on1. The fraction of sp³-hybridized carbons (Fsp3) is 0.667. The van der Waals surface area contributed by atoms with E-state index in [1.54, 1.807) is 6.07 Å². The van der Waals surface area contributed by atoms with Gasteiger partial charge in [0.05, 0.1) is 12.1 Å². The molecule has 1 amide bonds. The minimum atomic E-state index is -0.422. The molecule has 5 heteroatoms. The molecule has 2 N–H and O–H groups in total. The Labute approximate surface area is 99.2 Å². The zero-order valence-corrected chi connectivity index (χ0v) is 9.56. The van der Waals surface area contributed by atoms with Gasteiger partial charge in [0, 0.05) is 12.0 Å². The summed E-state index contributed by atoms with van der Waals surface area (Å²) in [4.78, 5) is 11.9. The first-order valence-electron chi connectivity index (χ1n) is 6.19. The number of hydrogen-bond donors (Lipinski definition) is 2. The van der Waals surface area contributed by atoms with E-state index >= 15 is 0 Å². The summed E-state index contributed by atoms with van der Waals surface area (Å²) in [5.74, 6) is 1.02. The zero-order chi connectivity index (χ0) is 11.8. The number of amides is 1. The summed E-state index contributed by atoms with van der Waals surface area (Å²) in [7, 11) is 0. The van der Waals surface area contributed by atoms with Crippen LogP contribution in [0.4, 0.5) is 0 Å². The first-order valence-corrected chi connectivity index (χ1v) is 6.19. The van der Waals surface area contributed by atoms with Gasteiger partial charge in [-0.1, -0.05) is 5.16 Å². The highest BCUT2D eigenvalue weighted by atomic mass is 16.5. The van der Waals surface area contributed by atoms with Crippen molar-refractivity contribution in [1.29, 1.82) is 0 Å². The molecule has 0 spiro atoms. The third-order valence-corrected chi connectivity index (χ3v) is 3.54. The highest BCUT2D eigenvalue weighted by Crippen LogP contribution is 2.40. The van der Waals surface area contributed by atoms with E-state index in [9.17, 15) is 9.90 Å². The Morgan fingerprint density at radius 1 is 1.41 bits per heavy atom. The van der Waals surface area contributed by atoms with Gasteiger partial charge in [-0.2, -0.15) is 0 Å². The van der Waals surface area contributed by atoms with Crippen LogP contribution in [-0.2, 0) is 0 Å². The van der Waals surface area contributed by atoms with E-state index in [1.165, 1.54) is 0 Å². The molecular weight excluding hydrogens is 220 g/mol. The molecule has 2 saturated carbocycles. The molecule has 2 atom stereocenters. The van der Waals surface area contributed by atoms with Crippen molar-refractivity contribution in [2.45, 2.75) is 50.2 Å². The fourth-order valence-electron chi connectivity index (χ4n) is 2.31. The van der Waals surface area contributed by atoms with Crippen molar-refractivity contribution in [2.75, 3.05) is 0 Å². The third-order valence-electron chi connectivity index (χ3n) is 3.54. The number of carbonyl (C=O) groups is 1. The summed E-state index contributed by atoms with van der Waals surface area (Å²) in [6, 6.07) is 1.58. The van der Waals surface area contributed by atoms with Crippen molar-refractivity contribution < 1.29 is 14.4 Å². The van der Waals surface area contributed by atoms with Crippen molar-refractivity contribution >= 4 is 5.91 Å². The molecule has 2 unspecified atom stereocenters. The van der Waals surface area contributed by atoms with Gasteiger partial charge in [-0.3, -0.25) is 4.79 Å². The van der Waals surface area contributed by atoms with Crippen LogP contribution in [0.5, 0.6) is 0 Å². The topological polar surface area (TPSA) is 75.4 Å². The Morgan fingerprint density at radius 2 is 2.24 bits per heavy atom. The lowest BCUT2D eigenvalue weighted by molar-refractivity contribution is 0.0864. The van der Waals surface area contributed by atoms with Crippen LogP contribution in [0.1, 0.15) is 54.3 Å². The van der Waals surface area contributed by atoms with E-state index in [-0.39, 0.29) is 11.9 Å². The lowest BCUT2D eigenvalue weighted by atomic mass is 10.2. The largest absolute Gasteiger partial charge is 0.391 e. The molecular formula is C12H16N2O3. The molecule has 2 aliphatic carbocycles. The molecule has 1 aromatic rings. The van der Waals surface area contributed by atoms with E-state index in [4.69, 9.17) is 4.52 Å². The van der Waals surface area contributed by atoms with Gasteiger partial charge in [0.1, 0.15) is 5.76 Å². The smallest absolute Gasteiger partial charge is 0.273 e. The van der Waals surface area contributed by atoms with Crippen molar-refractivity contribution in [3.8, 4) is 0 Å². The third kappa shape index (κ3) is 2.20. The second-order valence-electron chi connectivity index (χ2n) is 4.97. The average molecular weight is 236 g/mol. The van der Waals surface area contributed by atoms with Crippen molar-refractivity contribution in [3.05, 3.63) is 17.5 Å². The van der Waals surface area contributed by atoms with Crippen LogP contribution in [0.3, 0.4) is 0 Å². The molecule has 0 aromatic carbocycles. The minimum Gasteiger partial charge on any atom is -0.391 e. The Kier molecular flexibility index (Phi) is 2.63. The number of carbonyl (C=O) groups excluding carboxylic acids is 1. The molecule has 2 aliphatic rings. The summed E-state index contributed by atoms with van der Waals surface area (Å²) in [5.41, 5.74) is 0.325. The molecule has 92 valence electrons. The molecule has 0 bridgehead atoms. The number of aliphatic hydroxyl groups is 1. The normalized spacial score (nSPS) is 28.3. The van der Waals surface area contributed by atoms with Crippen LogP contribution in [0, 0.1) is 0 Å². The first kappa shape index (κ1) is 10.8. The Hall–Kier alpha value is -1.36. The molecule has 0 radical (unpaired) electrons. The van der Waals surface area contributed by atoms with Crippen molar-refractivity contribution in [3.63, 3.8) is 0 Å². The van der Waals surface area contributed by atoms with E-state index < -0.39 is 6.10 Å². The highest BCUT2D eigenvalue weighted by Gasteiger charge is 2.31. The van der Waals surface area contributed by atoms with Gasteiger partial charge in [0.15, 0.2) is 5.69 Å². The van der Waals surface area contributed by atoms with Crippen LogP contribution in [0.25, 0.3) is 0 Å². The predicted octanol–water partition coefficient (Wildman–Crippen LogP) is 1.20. The summed E-state index contributed by atoms with van der Waals surface area (Å²) in [6.07, 6.45) is 4.37. The van der Waals surface area contributed by atoms with Gasteiger partial charge in [-0.05, 0) is 32.1 Å². The Bertz CT molecular complexity index is 425. The summed E-state index contributed by atoms with van der Waals surface area (Å²) >= 11 is 0. The van der Waals surface area contributed by atoms with Crippen molar-refractivity contribution in [2.24, 2.45) is 0 Å². The van der Waals surface area contributed by atoms with E-state index in [1.807, 2.05) is 0 Å². The molecule has 2 fully saturated rings. The maximum atomic E-state index is 11.9. The zero-order valence-electron chi connectivity index (χ0n) is 9.56. The Balaban J connectivity index is 1.64. The molecule has 0 saturated heterocycles. The summed E-state index contributed by atoms with van der Waals surface area (Å²) in [5, 5.41) is 16.2. The second-order valence-corrected chi connectivity index (χ2v) is 4.97. The van der Waals surface area contributed by atoms with Crippen LogP contribution in [0.2, 0.25) is 0 Å². The van der Waals surface area contributed by atoms with Crippen LogP contribution in [0.15, 0.2) is 10.6 Å². The Morgan fingerprint density at radius 3 is 2.88 bits per heavy atom. The van der Waals surface area contributed by atoms with Crippen LogP contribution in [-0.4, -0.2) is 28.3 Å². The molecule has 1 heterocycles. The number of hydrogen-bond acceptors (Lipinski definition) is 4. The molecule has 1 aromatic heterocycles. The molecule has 3 rings (SSSR count). The van der Waals surface area contributed by atoms with Crippen LogP contribution < -0.4 is 5.32 Å². The first-order chi connectivity index (χ1) is 8.24. The standard InChI is InChI=1S/C12H16N2O3/c15-10-3-1-2-8(10)13-12(16)9-6-11(17-14-9)7-4-5-7/h6-8,10,15H,1-5H2,(H,13,16). The molecule has 0 aliphatic heterocycles. The lowest BCUT2D eigenvalue weighted by Crippen LogP contribution is -2.39. The van der Waals surface area contributed by atoms with E-state index in [2.05, 4.69) is 10.5 Å². The fourth-order valence-corrected chi connectivity index (χ4v) is 2.31. The van der Waals surface area contributed by atoms with E-state index in [0.717, 1.165) is 37.9 Å². The monoisotopic (exact) mass is 236 g/mol. The van der Waals surface area contributed by atoms with Gasteiger partial charge in [0.25, 0.3) is 5.91 Å². The van der Waals surface area contributed by atoms with Crippen LogP contribution >= 0.6 is 0 Å². The average Bonchev–Trinajstić information content (AvgIpc) is 2.91. The predicted molar refractivity (Wildman–Crippen MR) is 59.6 cm³/mol. The lowest BCUT2D eigenvalue weighted by Gasteiger charge is -2.14. The van der Waals surface area contributed by atoms with Gasteiger partial charge in [-0.25, -0.2) is 0 Å². The number of nitrogens with one attached hydrogen (secondary N) is 1. The van der Waals surface area contributed by atoms with Gasteiger partial charge in [0.2, 0.25) is 0 Å². The minimum absolute atomic E-state index is 0.136. The second kappa shape index (κ2) is 4.14. The quantitative estimate of drug-likeness (QED) is 0.826. The highest BCUT2D eigenvalue weighted by molar-refractivity contribution is 5.92. The number of aromatic nitrogens is 1. The van der Waals surface area contributed by atoms with Gasteiger partial charge < -0.3 is 14.9 Å². The van der Waals surface area contributed by atoms with Gasteiger partial charge >= 0.3 is 0 Å².